The van der Waals surface area contributed by atoms with Crippen LogP contribution in [0.15, 0.2) is 16.8 Å². The van der Waals surface area contributed by atoms with Gasteiger partial charge in [0.25, 0.3) is 0 Å². The average molecular weight is 297 g/mol. The van der Waals surface area contributed by atoms with Crippen LogP contribution >= 0.6 is 11.3 Å². The van der Waals surface area contributed by atoms with Crippen molar-refractivity contribution in [2.24, 2.45) is 11.7 Å². The molecule has 0 aliphatic heterocycles. The van der Waals surface area contributed by atoms with Crippen molar-refractivity contribution >= 4 is 11.3 Å². The number of thiophene rings is 1. The van der Waals surface area contributed by atoms with E-state index in [1.807, 2.05) is 0 Å². The van der Waals surface area contributed by atoms with Gasteiger partial charge in [-0.25, -0.2) is 0 Å². The predicted octanol–water partition coefficient (Wildman–Crippen LogP) is 4.67. The minimum Gasteiger partial charge on any atom is -0.326 e. The lowest BCUT2D eigenvalue weighted by molar-refractivity contribution is 0.0913. The van der Waals surface area contributed by atoms with Crippen LogP contribution in [0.1, 0.15) is 65.5 Å². The third-order valence-electron chi connectivity index (χ3n) is 4.11. The van der Waals surface area contributed by atoms with Crippen LogP contribution in [0, 0.1) is 5.92 Å². The van der Waals surface area contributed by atoms with E-state index in [1.54, 1.807) is 11.3 Å². The summed E-state index contributed by atoms with van der Waals surface area (Å²) in [6.07, 6.45) is 3.41. The van der Waals surface area contributed by atoms with E-state index in [0.717, 1.165) is 13.0 Å². The number of nitrogens with two attached hydrogens (primary N) is 1. The van der Waals surface area contributed by atoms with Crippen LogP contribution in [-0.2, 0) is 0 Å². The second-order valence-electron chi connectivity index (χ2n) is 6.13. The van der Waals surface area contributed by atoms with Crippen LogP contribution in [0.5, 0.6) is 0 Å². The molecule has 1 heterocycles. The number of rotatable bonds is 9. The van der Waals surface area contributed by atoms with Gasteiger partial charge in [-0.05, 0) is 47.6 Å². The van der Waals surface area contributed by atoms with Crippen molar-refractivity contribution < 1.29 is 0 Å². The summed E-state index contributed by atoms with van der Waals surface area (Å²) in [5.74, 6) is 0.667. The summed E-state index contributed by atoms with van der Waals surface area (Å²) in [7, 11) is 0. The zero-order valence-electron chi connectivity index (χ0n) is 13.8. The lowest BCUT2D eigenvalue weighted by atomic mass is 9.94. The second-order valence-corrected chi connectivity index (χ2v) is 6.91. The highest BCUT2D eigenvalue weighted by Gasteiger charge is 2.30. The Bertz CT molecular complexity index is 344. The highest BCUT2D eigenvalue weighted by atomic mass is 32.1. The van der Waals surface area contributed by atoms with Crippen LogP contribution in [-0.4, -0.2) is 23.5 Å². The van der Waals surface area contributed by atoms with Crippen LogP contribution in [0.3, 0.4) is 0 Å². The van der Waals surface area contributed by atoms with Gasteiger partial charge in [-0.15, -0.1) is 0 Å². The lowest BCUT2D eigenvalue weighted by Crippen LogP contribution is -2.47. The SMILES string of the molecule is CCC(N)C(c1ccsc1)N(CC(C)C)C(CC)CC. The van der Waals surface area contributed by atoms with E-state index in [2.05, 4.69) is 56.3 Å². The van der Waals surface area contributed by atoms with E-state index >= 15 is 0 Å². The fraction of sp³-hybridized carbons (Fsp3) is 0.765. The zero-order valence-corrected chi connectivity index (χ0v) is 14.6. The quantitative estimate of drug-likeness (QED) is 0.717. The van der Waals surface area contributed by atoms with Crippen LogP contribution in [0.4, 0.5) is 0 Å². The Labute approximate surface area is 129 Å². The molecule has 1 aromatic rings. The van der Waals surface area contributed by atoms with Gasteiger partial charge in [0.1, 0.15) is 0 Å². The smallest absolute Gasteiger partial charge is 0.0510 e. The Morgan fingerprint density at radius 2 is 1.80 bits per heavy atom. The summed E-state index contributed by atoms with van der Waals surface area (Å²) in [6.45, 7) is 12.5. The lowest BCUT2D eigenvalue weighted by Gasteiger charge is -2.41. The first kappa shape index (κ1) is 17.7. The molecule has 0 bridgehead atoms. The molecule has 0 saturated heterocycles. The average Bonchev–Trinajstić information content (AvgIpc) is 2.93. The molecule has 3 heteroatoms. The second kappa shape index (κ2) is 8.81. The fourth-order valence-corrected chi connectivity index (χ4v) is 3.71. The van der Waals surface area contributed by atoms with E-state index in [1.165, 1.54) is 18.4 Å². The highest BCUT2D eigenvalue weighted by molar-refractivity contribution is 7.07. The standard InChI is InChI=1S/C17H32N2S/c1-6-15(7-2)19(11-13(4)5)17(16(18)8-3)14-9-10-20-12-14/h9-10,12-13,15-17H,6-8,11,18H2,1-5H3. The van der Waals surface area contributed by atoms with Crippen molar-refractivity contribution in [3.05, 3.63) is 22.4 Å². The first-order chi connectivity index (χ1) is 9.54. The molecule has 0 fully saturated rings. The van der Waals surface area contributed by atoms with Gasteiger partial charge in [0.15, 0.2) is 0 Å². The third kappa shape index (κ3) is 4.57. The summed E-state index contributed by atoms with van der Waals surface area (Å²) in [5.41, 5.74) is 7.90. The predicted molar refractivity (Wildman–Crippen MR) is 91.2 cm³/mol. The molecule has 0 spiro atoms. The maximum absolute atomic E-state index is 6.50. The van der Waals surface area contributed by atoms with Gasteiger partial charge in [-0.3, -0.25) is 4.90 Å². The summed E-state index contributed by atoms with van der Waals surface area (Å²) >= 11 is 1.78. The minimum absolute atomic E-state index is 0.212. The largest absolute Gasteiger partial charge is 0.326 e. The molecule has 2 atom stereocenters. The van der Waals surface area contributed by atoms with E-state index in [-0.39, 0.29) is 6.04 Å². The molecule has 116 valence electrons. The molecule has 2 unspecified atom stereocenters. The maximum Gasteiger partial charge on any atom is 0.0510 e. The number of hydrogen-bond acceptors (Lipinski definition) is 3. The van der Waals surface area contributed by atoms with Gasteiger partial charge in [0, 0.05) is 18.6 Å². The van der Waals surface area contributed by atoms with E-state index in [0.29, 0.717) is 18.0 Å². The van der Waals surface area contributed by atoms with E-state index < -0.39 is 0 Å². The molecular formula is C17H32N2S. The number of hydrogen-bond donors (Lipinski definition) is 1. The van der Waals surface area contributed by atoms with Crippen molar-refractivity contribution in [2.75, 3.05) is 6.54 Å². The molecule has 1 rings (SSSR count). The summed E-state index contributed by atoms with van der Waals surface area (Å²) in [4.78, 5) is 2.67. The molecule has 20 heavy (non-hydrogen) atoms. The summed E-state index contributed by atoms with van der Waals surface area (Å²) in [6, 6.07) is 3.45. The van der Waals surface area contributed by atoms with Crippen LogP contribution < -0.4 is 5.73 Å². The Hall–Kier alpha value is -0.380. The van der Waals surface area contributed by atoms with Crippen molar-refractivity contribution in [3.8, 4) is 0 Å². The molecule has 0 saturated carbocycles. The van der Waals surface area contributed by atoms with Gasteiger partial charge in [-0.2, -0.15) is 11.3 Å². The molecule has 1 aromatic heterocycles. The monoisotopic (exact) mass is 296 g/mol. The molecule has 2 nitrogen and oxygen atoms in total. The van der Waals surface area contributed by atoms with Crippen LogP contribution in [0.2, 0.25) is 0 Å². The summed E-state index contributed by atoms with van der Waals surface area (Å²) in [5, 5.41) is 4.45. The topological polar surface area (TPSA) is 29.3 Å². The molecule has 0 radical (unpaired) electrons. The molecule has 0 aliphatic rings. The molecule has 0 amide bonds. The molecule has 0 aliphatic carbocycles. The molecule has 2 N–H and O–H groups in total. The van der Waals surface area contributed by atoms with Crippen molar-refractivity contribution in [2.45, 2.75) is 72.0 Å². The maximum atomic E-state index is 6.50. The Morgan fingerprint density at radius 1 is 1.15 bits per heavy atom. The van der Waals surface area contributed by atoms with E-state index in [9.17, 15) is 0 Å². The molecule has 0 aromatic carbocycles. The van der Waals surface area contributed by atoms with Gasteiger partial charge < -0.3 is 5.73 Å². The number of nitrogens with zero attached hydrogens (tertiary/aromatic N) is 1. The van der Waals surface area contributed by atoms with Crippen LogP contribution in [0.25, 0.3) is 0 Å². The first-order valence-electron chi connectivity index (χ1n) is 8.08. The zero-order chi connectivity index (χ0) is 15.1. The third-order valence-corrected chi connectivity index (χ3v) is 4.81. The Morgan fingerprint density at radius 3 is 2.20 bits per heavy atom. The Kier molecular flexibility index (Phi) is 7.78. The highest BCUT2D eigenvalue weighted by Crippen LogP contribution is 2.31. The van der Waals surface area contributed by atoms with E-state index in [4.69, 9.17) is 5.73 Å². The van der Waals surface area contributed by atoms with Gasteiger partial charge in [0.05, 0.1) is 6.04 Å². The molecular weight excluding hydrogens is 264 g/mol. The normalized spacial score (nSPS) is 15.2. The first-order valence-corrected chi connectivity index (χ1v) is 9.02. The van der Waals surface area contributed by atoms with Crippen molar-refractivity contribution in [3.63, 3.8) is 0 Å². The minimum atomic E-state index is 0.212. The van der Waals surface area contributed by atoms with Crippen molar-refractivity contribution in [1.82, 2.24) is 4.90 Å². The fourth-order valence-electron chi connectivity index (χ4n) is 3.02. The van der Waals surface area contributed by atoms with Gasteiger partial charge >= 0.3 is 0 Å². The van der Waals surface area contributed by atoms with Gasteiger partial charge in [0.2, 0.25) is 0 Å². The Balaban J connectivity index is 3.08. The van der Waals surface area contributed by atoms with Crippen molar-refractivity contribution in [1.29, 1.82) is 0 Å². The van der Waals surface area contributed by atoms with Gasteiger partial charge in [-0.1, -0.05) is 34.6 Å². The summed E-state index contributed by atoms with van der Waals surface area (Å²) < 4.78 is 0.